The monoisotopic (exact) mass is 245 g/mol. The van der Waals surface area contributed by atoms with Gasteiger partial charge in [-0.2, -0.15) is 0 Å². The zero-order valence-electron chi connectivity index (χ0n) is 11.4. The molecule has 2 heteroatoms. The van der Waals surface area contributed by atoms with Crippen molar-refractivity contribution in [2.75, 3.05) is 7.05 Å². The molecule has 1 aromatic carbocycles. The van der Waals surface area contributed by atoms with E-state index in [0.717, 1.165) is 6.04 Å². The molecule has 0 bridgehead atoms. The average Bonchev–Trinajstić information content (AvgIpc) is 2.77. The van der Waals surface area contributed by atoms with Gasteiger partial charge in [0.2, 0.25) is 0 Å². The van der Waals surface area contributed by atoms with E-state index in [0.29, 0.717) is 0 Å². The van der Waals surface area contributed by atoms with Crippen molar-refractivity contribution in [2.24, 2.45) is 0 Å². The Labute approximate surface area is 106 Å². The molecular weight excluding hydrogens is 222 g/mol. The first-order valence-electron chi connectivity index (χ1n) is 6.46. The van der Waals surface area contributed by atoms with Crippen LogP contribution in [0.25, 0.3) is 5.57 Å². The van der Waals surface area contributed by atoms with Crippen molar-refractivity contribution in [3.05, 3.63) is 42.0 Å². The van der Waals surface area contributed by atoms with Gasteiger partial charge in [-0.15, -0.1) is 0 Å². The Morgan fingerprint density at radius 2 is 1.76 bits per heavy atom. The normalized spacial score (nSPS) is 20.8. The summed E-state index contributed by atoms with van der Waals surface area (Å²) in [5.74, 6) is 0. The van der Waals surface area contributed by atoms with E-state index in [1.54, 1.807) is 0 Å². The second-order valence-electron chi connectivity index (χ2n) is 5.97. The van der Waals surface area contributed by atoms with Crippen LogP contribution in [0.2, 0.25) is 19.6 Å². The van der Waals surface area contributed by atoms with Gasteiger partial charge in [-0.3, -0.25) is 0 Å². The number of nitrogens with zero attached hydrogens (tertiary/aromatic N) is 1. The van der Waals surface area contributed by atoms with E-state index in [4.69, 9.17) is 0 Å². The van der Waals surface area contributed by atoms with E-state index < -0.39 is 8.24 Å². The minimum atomic E-state index is -1.16. The molecule has 0 aliphatic heterocycles. The second kappa shape index (κ2) is 4.79. The van der Waals surface area contributed by atoms with Gasteiger partial charge in [0.15, 0.2) is 0 Å². The van der Waals surface area contributed by atoms with Crippen LogP contribution in [0.3, 0.4) is 0 Å². The molecule has 0 radical (unpaired) electrons. The number of rotatable bonds is 3. The molecule has 1 atom stereocenters. The minimum absolute atomic E-state index is 0.719. The fraction of sp³-hybridized carbons (Fsp3) is 0.467. The minimum Gasteiger partial charge on any atom is -0.323 e. The number of hydrogen-bond acceptors (Lipinski definition) is 1. The Morgan fingerprint density at radius 3 is 2.35 bits per heavy atom. The Bertz CT molecular complexity index is 403. The molecule has 0 aromatic heterocycles. The van der Waals surface area contributed by atoms with Crippen molar-refractivity contribution in [3.8, 4) is 0 Å². The second-order valence-corrected chi connectivity index (χ2v) is 11.0. The van der Waals surface area contributed by atoms with Crippen molar-refractivity contribution < 1.29 is 0 Å². The fourth-order valence-electron chi connectivity index (χ4n) is 2.43. The first kappa shape index (κ1) is 12.6. The van der Waals surface area contributed by atoms with Gasteiger partial charge in [-0.05, 0) is 31.0 Å². The molecule has 0 heterocycles. The zero-order chi connectivity index (χ0) is 12.5. The lowest BCUT2D eigenvalue weighted by molar-refractivity contribution is 0.387. The Morgan fingerprint density at radius 1 is 1.12 bits per heavy atom. The SMILES string of the molecule is CN(C1CC=C(c2ccccc2)C1)[Si](C)(C)C. The van der Waals surface area contributed by atoms with Crippen LogP contribution in [0.1, 0.15) is 18.4 Å². The largest absolute Gasteiger partial charge is 0.323 e. The Kier molecular flexibility index (Phi) is 3.55. The van der Waals surface area contributed by atoms with Crippen LogP contribution < -0.4 is 0 Å². The van der Waals surface area contributed by atoms with Gasteiger partial charge in [-0.25, -0.2) is 0 Å². The highest BCUT2D eigenvalue weighted by Crippen LogP contribution is 2.32. The van der Waals surface area contributed by atoms with Gasteiger partial charge < -0.3 is 4.57 Å². The topological polar surface area (TPSA) is 3.24 Å². The van der Waals surface area contributed by atoms with Crippen LogP contribution in [-0.2, 0) is 0 Å². The molecule has 1 nitrogen and oxygen atoms in total. The van der Waals surface area contributed by atoms with E-state index in [9.17, 15) is 0 Å². The third-order valence-corrected chi connectivity index (χ3v) is 6.32. The van der Waals surface area contributed by atoms with E-state index in [1.807, 2.05) is 0 Å². The lowest BCUT2D eigenvalue weighted by Crippen LogP contribution is -2.48. The molecule has 0 saturated heterocycles. The average molecular weight is 245 g/mol. The Hall–Kier alpha value is -0.863. The molecular formula is C15H23NSi. The lowest BCUT2D eigenvalue weighted by atomic mass is 10.0. The maximum atomic E-state index is 2.64. The number of hydrogen-bond donors (Lipinski definition) is 0. The molecule has 1 aliphatic carbocycles. The smallest absolute Gasteiger partial charge is 0.119 e. The first-order chi connectivity index (χ1) is 7.98. The van der Waals surface area contributed by atoms with Crippen LogP contribution in [0, 0.1) is 0 Å². The fourth-order valence-corrected chi connectivity index (χ4v) is 3.72. The summed E-state index contributed by atoms with van der Waals surface area (Å²) in [6, 6.07) is 11.5. The predicted octanol–water partition coefficient (Wildman–Crippen LogP) is 4.00. The summed E-state index contributed by atoms with van der Waals surface area (Å²) in [5.41, 5.74) is 2.93. The summed E-state index contributed by atoms with van der Waals surface area (Å²) in [4.78, 5) is 0. The van der Waals surface area contributed by atoms with Crippen molar-refractivity contribution in [1.82, 2.24) is 4.57 Å². The standard InChI is InChI=1S/C15H23NSi/c1-16(17(2,3)4)15-11-10-14(12-15)13-8-6-5-7-9-13/h5-10,15H,11-12H2,1-4H3. The van der Waals surface area contributed by atoms with Crippen molar-refractivity contribution >= 4 is 13.8 Å². The maximum absolute atomic E-state index is 2.64. The summed E-state index contributed by atoms with van der Waals surface area (Å²) in [6.45, 7) is 7.27. The molecule has 92 valence electrons. The van der Waals surface area contributed by atoms with Gasteiger partial charge in [-0.1, -0.05) is 56.0 Å². The van der Waals surface area contributed by atoms with Crippen molar-refractivity contribution in [3.63, 3.8) is 0 Å². The van der Waals surface area contributed by atoms with E-state index in [-0.39, 0.29) is 0 Å². The van der Waals surface area contributed by atoms with Gasteiger partial charge >= 0.3 is 0 Å². The molecule has 1 aromatic rings. The summed E-state index contributed by atoms with van der Waals surface area (Å²) in [7, 11) is 1.15. The number of benzene rings is 1. The maximum Gasteiger partial charge on any atom is 0.119 e. The van der Waals surface area contributed by atoms with E-state index in [1.165, 1.54) is 24.0 Å². The molecule has 1 unspecified atom stereocenters. The van der Waals surface area contributed by atoms with Crippen LogP contribution in [0.4, 0.5) is 0 Å². The molecule has 2 rings (SSSR count). The highest BCUT2D eigenvalue weighted by atomic mass is 28.3. The van der Waals surface area contributed by atoms with Crippen molar-refractivity contribution in [2.45, 2.75) is 38.5 Å². The summed E-state index contributed by atoms with van der Waals surface area (Å²) in [6.07, 6.45) is 4.85. The van der Waals surface area contributed by atoms with Gasteiger partial charge in [0.1, 0.15) is 8.24 Å². The molecule has 0 saturated carbocycles. The summed E-state index contributed by atoms with van der Waals surface area (Å²) < 4.78 is 2.64. The highest BCUT2D eigenvalue weighted by Gasteiger charge is 2.29. The third kappa shape index (κ3) is 2.88. The molecule has 0 fully saturated rings. The van der Waals surface area contributed by atoms with Crippen molar-refractivity contribution in [1.29, 1.82) is 0 Å². The van der Waals surface area contributed by atoms with Gasteiger partial charge in [0.05, 0.1) is 0 Å². The summed E-state index contributed by atoms with van der Waals surface area (Å²) in [5, 5.41) is 0. The predicted molar refractivity (Wildman–Crippen MR) is 78.6 cm³/mol. The van der Waals surface area contributed by atoms with Crippen LogP contribution in [-0.4, -0.2) is 25.9 Å². The van der Waals surface area contributed by atoms with Gasteiger partial charge in [0, 0.05) is 6.04 Å². The lowest BCUT2D eigenvalue weighted by Gasteiger charge is -2.35. The van der Waals surface area contributed by atoms with E-state index >= 15 is 0 Å². The molecule has 0 spiro atoms. The summed E-state index contributed by atoms with van der Waals surface area (Å²) >= 11 is 0. The van der Waals surface area contributed by atoms with E-state index in [2.05, 4.69) is 67.7 Å². The molecule has 17 heavy (non-hydrogen) atoms. The molecule has 1 aliphatic rings. The third-order valence-electron chi connectivity index (χ3n) is 3.84. The van der Waals surface area contributed by atoms with Crippen LogP contribution >= 0.6 is 0 Å². The first-order valence-corrected chi connectivity index (χ1v) is 9.90. The zero-order valence-corrected chi connectivity index (χ0v) is 12.4. The van der Waals surface area contributed by atoms with Crippen LogP contribution in [0.15, 0.2) is 36.4 Å². The highest BCUT2D eigenvalue weighted by molar-refractivity contribution is 6.73. The van der Waals surface area contributed by atoms with Gasteiger partial charge in [0.25, 0.3) is 0 Å². The Balaban J connectivity index is 2.05. The quantitative estimate of drug-likeness (QED) is 0.728. The van der Waals surface area contributed by atoms with Crippen LogP contribution in [0.5, 0.6) is 0 Å². The molecule has 0 N–H and O–H groups in total. The molecule has 0 amide bonds.